The third kappa shape index (κ3) is 1.58. The second kappa shape index (κ2) is 3.01. The summed E-state index contributed by atoms with van der Waals surface area (Å²) in [5.74, 6) is 0.292. The van der Waals surface area contributed by atoms with E-state index < -0.39 is 5.97 Å². The van der Waals surface area contributed by atoms with Crippen LogP contribution in [0, 0.1) is 0 Å². The highest BCUT2D eigenvalue weighted by molar-refractivity contribution is 5.82. The van der Waals surface area contributed by atoms with E-state index in [1.807, 2.05) is 12.2 Å². The zero-order valence-electron chi connectivity index (χ0n) is 5.54. The van der Waals surface area contributed by atoms with Crippen molar-refractivity contribution >= 4 is 5.97 Å². The molecule has 0 fully saturated rings. The summed E-state index contributed by atoms with van der Waals surface area (Å²) < 4.78 is 4.80. The van der Waals surface area contributed by atoms with E-state index in [4.69, 9.17) is 4.74 Å². The van der Waals surface area contributed by atoms with Gasteiger partial charge in [-0.2, -0.15) is 0 Å². The lowest BCUT2D eigenvalue weighted by molar-refractivity contribution is -0.133. The summed E-state index contributed by atoms with van der Waals surface area (Å²) in [5, 5.41) is 0. The smallest absolute Gasteiger partial charge is 0.335 e. The summed E-state index contributed by atoms with van der Waals surface area (Å²) in [5.41, 5.74) is 0. The van der Waals surface area contributed by atoms with Gasteiger partial charge in [0.25, 0.3) is 0 Å². The minimum absolute atomic E-state index is 0.394. The van der Waals surface area contributed by atoms with E-state index in [0.717, 1.165) is 6.08 Å². The molecule has 0 aromatic carbocycles. The molecule has 0 aliphatic heterocycles. The van der Waals surface area contributed by atoms with Gasteiger partial charge in [-0.1, -0.05) is 18.7 Å². The first-order valence-electron chi connectivity index (χ1n) is 3.03. The van der Waals surface area contributed by atoms with Crippen molar-refractivity contribution in [2.45, 2.75) is 6.42 Å². The Kier molecular flexibility index (Phi) is 2.05. The molecular formula is C8H8O2. The van der Waals surface area contributed by atoms with Crippen molar-refractivity contribution in [2.24, 2.45) is 0 Å². The van der Waals surface area contributed by atoms with Gasteiger partial charge in [-0.05, 0) is 6.08 Å². The number of allylic oxidation sites excluding steroid dienone is 3. The maximum absolute atomic E-state index is 10.6. The Morgan fingerprint density at radius 3 is 3.10 bits per heavy atom. The number of hydrogen-bond donors (Lipinski definition) is 0. The van der Waals surface area contributed by atoms with E-state index >= 15 is 0 Å². The fourth-order valence-electron chi connectivity index (χ4n) is 0.674. The Labute approximate surface area is 59.5 Å². The molecule has 10 heavy (non-hydrogen) atoms. The molecule has 2 heteroatoms. The maximum Gasteiger partial charge on any atom is 0.335 e. The van der Waals surface area contributed by atoms with Gasteiger partial charge in [-0.15, -0.1) is 0 Å². The molecule has 0 aromatic rings. The first-order valence-corrected chi connectivity index (χ1v) is 3.03. The van der Waals surface area contributed by atoms with E-state index in [1.54, 1.807) is 6.08 Å². The topological polar surface area (TPSA) is 26.3 Å². The summed E-state index contributed by atoms with van der Waals surface area (Å²) in [6.07, 6.45) is 7.40. The number of carbonyl (C=O) groups excluding carboxylic acids is 1. The molecule has 0 saturated carbocycles. The highest BCUT2D eigenvalue weighted by Gasteiger charge is 2.02. The highest BCUT2D eigenvalue weighted by atomic mass is 16.5. The predicted octanol–water partition coefficient (Wildman–Crippen LogP) is 1.56. The second-order valence-corrected chi connectivity index (χ2v) is 1.89. The van der Waals surface area contributed by atoms with Gasteiger partial charge in [0.2, 0.25) is 0 Å². The van der Waals surface area contributed by atoms with Gasteiger partial charge in [0.05, 0.1) is 0 Å². The third-order valence-electron chi connectivity index (χ3n) is 1.14. The fraction of sp³-hybridized carbons (Fsp3) is 0.125. The number of rotatable bonds is 2. The van der Waals surface area contributed by atoms with Gasteiger partial charge in [0, 0.05) is 12.5 Å². The lowest BCUT2D eigenvalue weighted by atomic mass is 10.4. The lowest BCUT2D eigenvalue weighted by Gasteiger charge is -1.98. The average Bonchev–Trinajstić information content (AvgIpc) is 2.40. The summed E-state index contributed by atoms with van der Waals surface area (Å²) in [4.78, 5) is 10.6. The molecule has 0 unspecified atom stereocenters. The minimum atomic E-state index is -0.394. The summed E-state index contributed by atoms with van der Waals surface area (Å²) in [7, 11) is 0. The van der Waals surface area contributed by atoms with Gasteiger partial charge in [0.1, 0.15) is 5.76 Å². The van der Waals surface area contributed by atoms with Gasteiger partial charge >= 0.3 is 5.97 Å². The van der Waals surface area contributed by atoms with Gasteiger partial charge in [0.15, 0.2) is 0 Å². The second-order valence-electron chi connectivity index (χ2n) is 1.89. The molecule has 0 spiro atoms. The van der Waals surface area contributed by atoms with Crippen molar-refractivity contribution in [3.63, 3.8) is 0 Å². The molecule has 0 aromatic heterocycles. The molecule has 0 radical (unpaired) electrons. The average molecular weight is 136 g/mol. The summed E-state index contributed by atoms with van der Waals surface area (Å²) >= 11 is 0. The van der Waals surface area contributed by atoms with Crippen molar-refractivity contribution in [3.05, 3.63) is 36.6 Å². The van der Waals surface area contributed by atoms with E-state index in [0.29, 0.717) is 12.2 Å². The first kappa shape index (κ1) is 6.81. The molecular weight excluding hydrogens is 128 g/mol. The van der Waals surface area contributed by atoms with Crippen molar-refractivity contribution in [3.8, 4) is 0 Å². The molecule has 0 heterocycles. The molecule has 1 rings (SSSR count). The van der Waals surface area contributed by atoms with Crippen molar-refractivity contribution < 1.29 is 9.53 Å². The van der Waals surface area contributed by atoms with Crippen LogP contribution in [0.2, 0.25) is 0 Å². The molecule has 0 atom stereocenters. The van der Waals surface area contributed by atoms with Crippen LogP contribution in [0.4, 0.5) is 0 Å². The van der Waals surface area contributed by atoms with Crippen LogP contribution in [0.1, 0.15) is 6.42 Å². The molecule has 1 aliphatic carbocycles. The van der Waals surface area contributed by atoms with Crippen molar-refractivity contribution in [1.82, 2.24) is 0 Å². The number of ether oxygens (including phenoxy) is 1. The minimum Gasteiger partial charge on any atom is -0.428 e. The standard InChI is InChI=1S/C8H8O2/c1-2-8(9)10-7-5-3-4-6-7/h2-5H,1,6H2. The van der Waals surface area contributed by atoms with E-state index in [2.05, 4.69) is 6.58 Å². The van der Waals surface area contributed by atoms with E-state index in [-0.39, 0.29) is 0 Å². The molecule has 0 saturated heterocycles. The van der Waals surface area contributed by atoms with Crippen molar-refractivity contribution in [1.29, 1.82) is 0 Å². The molecule has 1 aliphatic rings. The molecule has 52 valence electrons. The Balaban J connectivity index is 2.40. The maximum atomic E-state index is 10.6. The Hall–Kier alpha value is -1.31. The van der Waals surface area contributed by atoms with Crippen LogP contribution < -0.4 is 0 Å². The predicted molar refractivity (Wildman–Crippen MR) is 38.1 cm³/mol. The monoisotopic (exact) mass is 136 g/mol. The summed E-state index contributed by atoms with van der Waals surface area (Å²) in [6, 6.07) is 0. The number of carbonyl (C=O) groups is 1. The molecule has 0 N–H and O–H groups in total. The van der Waals surface area contributed by atoms with Crippen LogP contribution in [0.25, 0.3) is 0 Å². The van der Waals surface area contributed by atoms with Crippen LogP contribution in [0.3, 0.4) is 0 Å². The summed E-state index contributed by atoms with van der Waals surface area (Å²) in [6.45, 7) is 3.28. The fourth-order valence-corrected chi connectivity index (χ4v) is 0.674. The first-order chi connectivity index (χ1) is 4.83. The van der Waals surface area contributed by atoms with Crippen LogP contribution in [-0.4, -0.2) is 5.97 Å². The SMILES string of the molecule is C=CC(=O)OC1=CC=CC1. The lowest BCUT2D eigenvalue weighted by Crippen LogP contribution is -1.97. The van der Waals surface area contributed by atoms with E-state index in [9.17, 15) is 4.79 Å². The van der Waals surface area contributed by atoms with Gasteiger partial charge in [-0.3, -0.25) is 0 Å². The van der Waals surface area contributed by atoms with Gasteiger partial charge < -0.3 is 4.74 Å². The van der Waals surface area contributed by atoms with Crippen LogP contribution in [0.5, 0.6) is 0 Å². The van der Waals surface area contributed by atoms with Crippen molar-refractivity contribution in [2.75, 3.05) is 0 Å². The third-order valence-corrected chi connectivity index (χ3v) is 1.14. The highest BCUT2D eigenvalue weighted by Crippen LogP contribution is 2.11. The quantitative estimate of drug-likeness (QED) is 0.425. The Morgan fingerprint density at radius 1 is 1.80 bits per heavy atom. The largest absolute Gasteiger partial charge is 0.428 e. The molecule has 0 amide bonds. The Bertz CT molecular complexity index is 211. The van der Waals surface area contributed by atoms with Crippen LogP contribution in [0.15, 0.2) is 36.6 Å². The van der Waals surface area contributed by atoms with E-state index in [1.165, 1.54) is 0 Å². The zero-order chi connectivity index (χ0) is 7.40. The van der Waals surface area contributed by atoms with Crippen LogP contribution >= 0.6 is 0 Å². The number of esters is 1. The normalized spacial score (nSPS) is 14.6. The molecule has 0 bridgehead atoms. The van der Waals surface area contributed by atoms with Crippen LogP contribution in [-0.2, 0) is 9.53 Å². The van der Waals surface area contributed by atoms with Gasteiger partial charge in [-0.25, -0.2) is 4.79 Å². The Morgan fingerprint density at radius 2 is 2.60 bits per heavy atom. The number of hydrogen-bond acceptors (Lipinski definition) is 2. The molecule has 2 nitrogen and oxygen atoms in total. The zero-order valence-corrected chi connectivity index (χ0v) is 5.54.